The van der Waals surface area contributed by atoms with Gasteiger partial charge >= 0.3 is 6.03 Å². The van der Waals surface area contributed by atoms with Crippen LogP contribution >= 0.6 is 0 Å². The number of nitrogens with zero attached hydrogens (tertiary/aromatic N) is 2. The first-order valence-corrected chi connectivity index (χ1v) is 10.3. The Balaban J connectivity index is 1.56. The first-order valence-electron chi connectivity index (χ1n) is 8.81. The number of nitriles is 1. The molecule has 0 aliphatic carbocycles. The number of amides is 3. The third-order valence-corrected chi connectivity index (χ3v) is 6.76. The van der Waals surface area contributed by atoms with E-state index in [-0.39, 0.29) is 34.1 Å². The molecule has 1 atom stereocenters. The highest BCUT2D eigenvalue weighted by Crippen LogP contribution is 2.36. The lowest BCUT2D eigenvalue weighted by molar-refractivity contribution is -0.121. The van der Waals surface area contributed by atoms with Crippen LogP contribution in [-0.2, 0) is 14.8 Å². The van der Waals surface area contributed by atoms with Gasteiger partial charge in [-0.15, -0.1) is 0 Å². The first kappa shape index (κ1) is 19.7. The molecule has 2 aliphatic rings. The highest BCUT2D eigenvalue weighted by Gasteiger charge is 2.39. The molecule has 0 fully saturated rings. The molecule has 2 N–H and O–H groups in total. The molecule has 11 heteroatoms. The fourth-order valence-corrected chi connectivity index (χ4v) is 5.15. The summed E-state index contributed by atoms with van der Waals surface area (Å²) in [5.41, 5.74) is 0.703. The second kappa shape index (κ2) is 7.00. The van der Waals surface area contributed by atoms with Crippen LogP contribution in [0, 0.1) is 24.1 Å². The van der Waals surface area contributed by atoms with Crippen LogP contribution in [0.3, 0.4) is 0 Å². The zero-order valence-corrected chi connectivity index (χ0v) is 16.4. The minimum absolute atomic E-state index is 0.0643. The Morgan fingerprint density at radius 1 is 1.43 bits per heavy atom. The first-order chi connectivity index (χ1) is 14.2. The molecule has 4 rings (SSSR count). The maximum absolute atomic E-state index is 14.3. The van der Waals surface area contributed by atoms with Crippen molar-refractivity contribution in [2.75, 3.05) is 18.5 Å². The number of halogens is 1. The van der Waals surface area contributed by atoms with Crippen LogP contribution in [0.1, 0.15) is 22.7 Å². The Bertz CT molecular complexity index is 1240. The van der Waals surface area contributed by atoms with Crippen LogP contribution in [0.2, 0.25) is 0 Å². The Kier molecular flexibility index (Phi) is 4.58. The van der Waals surface area contributed by atoms with Crippen molar-refractivity contribution in [1.82, 2.24) is 9.62 Å². The van der Waals surface area contributed by atoms with Crippen molar-refractivity contribution in [3.63, 3.8) is 0 Å². The van der Waals surface area contributed by atoms with E-state index in [9.17, 15) is 22.4 Å². The minimum atomic E-state index is -4.25. The predicted molar refractivity (Wildman–Crippen MR) is 102 cm³/mol. The summed E-state index contributed by atoms with van der Waals surface area (Å²) in [6.07, 6.45) is 0. The van der Waals surface area contributed by atoms with Crippen LogP contribution in [0.25, 0.3) is 0 Å². The summed E-state index contributed by atoms with van der Waals surface area (Å²) in [5.74, 6) is -1.40. The lowest BCUT2D eigenvalue weighted by Crippen LogP contribution is -2.49. The predicted octanol–water partition coefficient (Wildman–Crippen LogP) is 1.79. The standard InChI is InChI=1S/C19H15FN4O5S/c1-10-3-2-4-13-18(10)30(27,28)24(19(26)23-13)8-16(25)22-14-9-29-15-6-11(7-21)5-12(20)17(14)15/h2-6,14H,8-9H2,1H3,(H,22,25)(H,23,26)/t14-/m1/s1. The van der Waals surface area contributed by atoms with Gasteiger partial charge in [-0.25, -0.2) is 21.9 Å². The molecule has 154 valence electrons. The highest BCUT2D eigenvalue weighted by molar-refractivity contribution is 7.90. The van der Waals surface area contributed by atoms with Crippen LogP contribution < -0.4 is 15.4 Å². The van der Waals surface area contributed by atoms with E-state index in [1.807, 2.05) is 6.07 Å². The summed E-state index contributed by atoms with van der Waals surface area (Å²) in [5, 5.41) is 13.8. The number of sulfonamides is 1. The van der Waals surface area contributed by atoms with Gasteiger partial charge in [0.05, 0.1) is 28.9 Å². The fourth-order valence-electron chi connectivity index (χ4n) is 3.50. The number of carbonyl (C=O) groups is 2. The van der Waals surface area contributed by atoms with Crippen molar-refractivity contribution in [1.29, 1.82) is 5.26 Å². The number of ether oxygens (including phenoxy) is 1. The van der Waals surface area contributed by atoms with Gasteiger partial charge in [0.15, 0.2) is 0 Å². The van der Waals surface area contributed by atoms with E-state index in [4.69, 9.17) is 10.00 Å². The molecule has 9 nitrogen and oxygen atoms in total. The van der Waals surface area contributed by atoms with Crippen LogP contribution in [0.5, 0.6) is 5.75 Å². The number of rotatable bonds is 3. The Morgan fingerprint density at radius 2 is 2.20 bits per heavy atom. The van der Waals surface area contributed by atoms with Crippen molar-refractivity contribution in [2.45, 2.75) is 17.9 Å². The summed E-state index contributed by atoms with van der Waals surface area (Å²) in [6.45, 7) is 0.705. The fraction of sp³-hybridized carbons (Fsp3) is 0.211. The molecular formula is C19H15FN4O5S. The molecular weight excluding hydrogens is 415 g/mol. The average molecular weight is 430 g/mol. The van der Waals surface area contributed by atoms with Gasteiger partial charge in [0, 0.05) is 0 Å². The maximum atomic E-state index is 14.3. The quantitative estimate of drug-likeness (QED) is 0.764. The van der Waals surface area contributed by atoms with E-state index in [1.165, 1.54) is 12.1 Å². The largest absolute Gasteiger partial charge is 0.491 e. The van der Waals surface area contributed by atoms with Gasteiger partial charge in [-0.2, -0.15) is 5.26 Å². The molecule has 0 saturated carbocycles. The molecule has 0 saturated heterocycles. The Hall–Kier alpha value is -3.65. The number of carbonyl (C=O) groups excluding carboxylic acids is 2. The van der Waals surface area contributed by atoms with Crippen molar-refractivity contribution >= 4 is 27.6 Å². The van der Waals surface area contributed by atoms with E-state index >= 15 is 0 Å². The molecule has 2 aromatic carbocycles. The Labute approximate surface area is 171 Å². The van der Waals surface area contributed by atoms with E-state index in [2.05, 4.69) is 10.6 Å². The molecule has 0 radical (unpaired) electrons. The molecule has 2 heterocycles. The summed E-state index contributed by atoms with van der Waals surface area (Å²) in [6, 6.07) is 6.99. The lowest BCUT2D eigenvalue weighted by atomic mass is 10.1. The summed E-state index contributed by atoms with van der Waals surface area (Å²) in [4.78, 5) is 24.8. The third-order valence-electron chi connectivity index (χ3n) is 4.83. The van der Waals surface area contributed by atoms with E-state index < -0.39 is 40.4 Å². The molecule has 0 aromatic heterocycles. The third kappa shape index (κ3) is 3.11. The molecule has 0 unspecified atom stereocenters. The van der Waals surface area contributed by atoms with Crippen LogP contribution in [-0.4, -0.2) is 37.8 Å². The van der Waals surface area contributed by atoms with Crippen LogP contribution in [0.4, 0.5) is 14.9 Å². The zero-order valence-electron chi connectivity index (χ0n) is 15.6. The number of hydrogen-bond acceptors (Lipinski definition) is 6. The van der Waals surface area contributed by atoms with Crippen molar-refractivity contribution < 1.29 is 27.1 Å². The molecule has 30 heavy (non-hydrogen) atoms. The van der Waals surface area contributed by atoms with Crippen LogP contribution in [0.15, 0.2) is 35.2 Å². The number of aryl methyl sites for hydroxylation is 1. The second-order valence-electron chi connectivity index (χ2n) is 6.81. The van der Waals surface area contributed by atoms with Crippen molar-refractivity contribution in [3.05, 3.63) is 52.8 Å². The number of anilines is 1. The molecule has 0 spiro atoms. The van der Waals surface area contributed by atoms with Crippen molar-refractivity contribution in [3.8, 4) is 11.8 Å². The SMILES string of the molecule is Cc1cccc2c1S(=O)(=O)N(CC(=O)N[C@@H]1COc3cc(C#N)cc(F)c31)C(=O)N2. The van der Waals surface area contributed by atoms with Gasteiger partial charge in [0.2, 0.25) is 5.91 Å². The molecule has 3 amide bonds. The van der Waals surface area contributed by atoms with E-state index in [0.717, 1.165) is 6.07 Å². The minimum Gasteiger partial charge on any atom is -0.491 e. The van der Waals surface area contributed by atoms with Crippen molar-refractivity contribution in [2.24, 2.45) is 0 Å². The summed E-state index contributed by atoms with van der Waals surface area (Å²) >= 11 is 0. The zero-order chi connectivity index (χ0) is 21.6. The summed E-state index contributed by atoms with van der Waals surface area (Å²) < 4.78 is 45.9. The second-order valence-corrected chi connectivity index (χ2v) is 8.61. The number of hydrogen-bond donors (Lipinski definition) is 2. The highest BCUT2D eigenvalue weighted by atomic mass is 32.2. The Morgan fingerprint density at radius 3 is 2.93 bits per heavy atom. The van der Waals surface area contributed by atoms with Gasteiger partial charge in [-0.3, -0.25) is 4.79 Å². The molecule has 2 aliphatic heterocycles. The smallest absolute Gasteiger partial charge is 0.336 e. The monoisotopic (exact) mass is 430 g/mol. The number of nitrogens with one attached hydrogen (secondary N) is 2. The molecule has 0 bridgehead atoms. The normalized spacial score (nSPS) is 18.5. The van der Waals surface area contributed by atoms with Gasteiger partial charge in [-0.1, -0.05) is 12.1 Å². The number of benzene rings is 2. The topological polar surface area (TPSA) is 129 Å². The number of fused-ring (bicyclic) bond motifs is 2. The van der Waals surface area contributed by atoms with E-state index in [0.29, 0.717) is 9.87 Å². The average Bonchev–Trinajstić information content (AvgIpc) is 3.07. The van der Waals surface area contributed by atoms with E-state index in [1.54, 1.807) is 19.1 Å². The van der Waals surface area contributed by atoms with Gasteiger partial charge in [0.1, 0.15) is 29.6 Å². The molecule has 2 aromatic rings. The lowest BCUT2D eigenvalue weighted by Gasteiger charge is -2.29. The maximum Gasteiger partial charge on any atom is 0.336 e. The van der Waals surface area contributed by atoms with Gasteiger partial charge in [-0.05, 0) is 30.7 Å². The van der Waals surface area contributed by atoms with Gasteiger partial charge < -0.3 is 15.4 Å². The van der Waals surface area contributed by atoms with Gasteiger partial charge in [0.25, 0.3) is 10.0 Å². The summed E-state index contributed by atoms with van der Waals surface area (Å²) in [7, 11) is -4.25. The number of urea groups is 1.